The highest BCUT2D eigenvalue weighted by atomic mass is 15.1. The van der Waals surface area contributed by atoms with Gasteiger partial charge in [-0.2, -0.15) is 0 Å². The van der Waals surface area contributed by atoms with E-state index in [-0.39, 0.29) is 0 Å². The lowest BCUT2D eigenvalue weighted by atomic mass is 10.1. The molecular formula is C14H24N2. The Hall–Kier alpha value is -1.02. The Bertz CT molecular complexity index is 330. The maximum Gasteiger partial charge on any atom is 0.0366 e. The molecule has 0 radical (unpaired) electrons. The molecular weight excluding hydrogens is 196 g/mol. The van der Waals surface area contributed by atoms with Crippen LogP contribution < -0.4 is 10.6 Å². The smallest absolute Gasteiger partial charge is 0.0366 e. The zero-order chi connectivity index (χ0) is 12.1. The first kappa shape index (κ1) is 13.0. The van der Waals surface area contributed by atoms with E-state index in [1.807, 2.05) is 0 Å². The standard InChI is InChI=1S/C14H24N2/c1-5-13(9-15)10-16(4)14-7-6-11(2)12(3)8-14/h6-8,13H,5,9-10,15H2,1-4H3. The van der Waals surface area contributed by atoms with E-state index in [9.17, 15) is 0 Å². The van der Waals surface area contributed by atoms with Crippen molar-refractivity contribution in [2.24, 2.45) is 11.7 Å². The molecule has 0 aliphatic heterocycles. The average Bonchev–Trinajstić information content (AvgIpc) is 2.29. The van der Waals surface area contributed by atoms with Crippen molar-refractivity contribution in [1.82, 2.24) is 0 Å². The predicted octanol–water partition coefficient (Wildman–Crippen LogP) is 2.72. The molecule has 16 heavy (non-hydrogen) atoms. The van der Waals surface area contributed by atoms with Gasteiger partial charge in [0.05, 0.1) is 0 Å². The van der Waals surface area contributed by atoms with Gasteiger partial charge in [0, 0.05) is 19.3 Å². The van der Waals surface area contributed by atoms with E-state index in [2.05, 4.69) is 50.9 Å². The quantitative estimate of drug-likeness (QED) is 0.826. The van der Waals surface area contributed by atoms with Crippen molar-refractivity contribution in [2.75, 3.05) is 25.0 Å². The molecule has 1 aromatic rings. The van der Waals surface area contributed by atoms with Gasteiger partial charge in [-0.25, -0.2) is 0 Å². The van der Waals surface area contributed by atoms with Crippen LogP contribution in [-0.2, 0) is 0 Å². The third-order valence-electron chi connectivity index (χ3n) is 3.37. The van der Waals surface area contributed by atoms with Gasteiger partial charge in [0.2, 0.25) is 0 Å². The van der Waals surface area contributed by atoms with Crippen molar-refractivity contribution in [2.45, 2.75) is 27.2 Å². The summed E-state index contributed by atoms with van der Waals surface area (Å²) in [6.07, 6.45) is 1.14. The summed E-state index contributed by atoms with van der Waals surface area (Å²) in [7, 11) is 2.14. The van der Waals surface area contributed by atoms with Crippen LogP contribution in [0.2, 0.25) is 0 Å². The molecule has 1 unspecified atom stereocenters. The molecule has 0 spiro atoms. The second-order valence-corrected chi connectivity index (χ2v) is 4.66. The fraction of sp³-hybridized carbons (Fsp3) is 0.571. The highest BCUT2D eigenvalue weighted by Gasteiger charge is 2.08. The predicted molar refractivity (Wildman–Crippen MR) is 72.0 cm³/mol. The Balaban J connectivity index is 2.72. The van der Waals surface area contributed by atoms with Gasteiger partial charge in [0.25, 0.3) is 0 Å². The summed E-state index contributed by atoms with van der Waals surface area (Å²) >= 11 is 0. The molecule has 0 saturated heterocycles. The van der Waals surface area contributed by atoms with Crippen molar-refractivity contribution < 1.29 is 0 Å². The number of hydrogen-bond donors (Lipinski definition) is 1. The number of aryl methyl sites for hydroxylation is 2. The minimum absolute atomic E-state index is 0.589. The fourth-order valence-electron chi connectivity index (χ4n) is 1.83. The second kappa shape index (κ2) is 5.90. The minimum Gasteiger partial charge on any atom is -0.374 e. The number of anilines is 1. The van der Waals surface area contributed by atoms with Crippen molar-refractivity contribution in [3.05, 3.63) is 29.3 Å². The van der Waals surface area contributed by atoms with Crippen molar-refractivity contribution in [1.29, 1.82) is 0 Å². The Labute approximate surface area is 99.5 Å². The Morgan fingerprint density at radius 1 is 1.25 bits per heavy atom. The minimum atomic E-state index is 0.589. The normalized spacial score (nSPS) is 12.6. The van der Waals surface area contributed by atoms with E-state index in [1.54, 1.807) is 0 Å². The van der Waals surface area contributed by atoms with E-state index in [0.717, 1.165) is 19.5 Å². The zero-order valence-electron chi connectivity index (χ0n) is 11.0. The van der Waals surface area contributed by atoms with E-state index in [1.165, 1.54) is 16.8 Å². The molecule has 0 aliphatic carbocycles. The van der Waals surface area contributed by atoms with Gasteiger partial charge in [0.15, 0.2) is 0 Å². The zero-order valence-corrected chi connectivity index (χ0v) is 11.0. The van der Waals surface area contributed by atoms with Gasteiger partial charge in [-0.05, 0) is 49.6 Å². The van der Waals surface area contributed by atoms with Gasteiger partial charge < -0.3 is 10.6 Å². The second-order valence-electron chi connectivity index (χ2n) is 4.66. The molecule has 1 rings (SSSR count). The number of nitrogens with two attached hydrogens (primary N) is 1. The number of rotatable bonds is 5. The van der Waals surface area contributed by atoms with Crippen LogP contribution in [0.1, 0.15) is 24.5 Å². The molecule has 1 aromatic carbocycles. The van der Waals surface area contributed by atoms with Gasteiger partial charge in [0.1, 0.15) is 0 Å². The number of hydrogen-bond acceptors (Lipinski definition) is 2. The molecule has 0 fully saturated rings. The molecule has 0 saturated carbocycles. The van der Waals surface area contributed by atoms with Crippen LogP contribution in [0.4, 0.5) is 5.69 Å². The average molecular weight is 220 g/mol. The number of nitrogens with zero attached hydrogens (tertiary/aromatic N) is 1. The lowest BCUT2D eigenvalue weighted by Crippen LogP contribution is -2.29. The van der Waals surface area contributed by atoms with Gasteiger partial charge in [-0.15, -0.1) is 0 Å². The van der Waals surface area contributed by atoms with Crippen LogP contribution in [0.5, 0.6) is 0 Å². The molecule has 0 heterocycles. The SMILES string of the molecule is CCC(CN)CN(C)c1ccc(C)c(C)c1. The Morgan fingerprint density at radius 3 is 2.44 bits per heavy atom. The summed E-state index contributed by atoms with van der Waals surface area (Å²) in [5, 5.41) is 0. The van der Waals surface area contributed by atoms with E-state index >= 15 is 0 Å². The van der Waals surface area contributed by atoms with E-state index in [0.29, 0.717) is 5.92 Å². The molecule has 0 aromatic heterocycles. The summed E-state index contributed by atoms with van der Waals surface area (Å²) in [4.78, 5) is 2.30. The Morgan fingerprint density at radius 2 is 1.94 bits per heavy atom. The number of benzene rings is 1. The largest absolute Gasteiger partial charge is 0.374 e. The van der Waals surface area contributed by atoms with Crippen LogP contribution in [0.25, 0.3) is 0 Å². The molecule has 0 aliphatic rings. The highest BCUT2D eigenvalue weighted by molar-refractivity contribution is 5.50. The Kier molecular flexibility index (Phi) is 4.81. The monoisotopic (exact) mass is 220 g/mol. The van der Waals surface area contributed by atoms with Crippen LogP contribution in [0.15, 0.2) is 18.2 Å². The molecule has 2 heteroatoms. The summed E-state index contributed by atoms with van der Waals surface area (Å²) in [5.74, 6) is 0.589. The maximum atomic E-state index is 5.74. The van der Waals surface area contributed by atoms with E-state index < -0.39 is 0 Å². The van der Waals surface area contributed by atoms with Crippen molar-refractivity contribution in [3.63, 3.8) is 0 Å². The van der Waals surface area contributed by atoms with Crippen LogP contribution in [-0.4, -0.2) is 20.1 Å². The van der Waals surface area contributed by atoms with Crippen LogP contribution in [0.3, 0.4) is 0 Å². The molecule has 1 atom stereocenters. The first-order chi connectivity index (χ1) is 7.58. The summed E-state index contributed by atoms with van der Waals surface area (Å²) in [6, 6.07) is 6.62. The summed E-state index contributed by atoms with van der Waals surface area (Å²) < 4.78 is 0. The highest BCUT2D eigenvalue weighted by Crippen LogP contribution is 2.18. The third kappa shape index (κ3) is 3.24. The lowest BCUT2D eigenvalue weighted by molar-refractivity contribution is 0.521. The van der Waals surface area contributed by atoms with E-state index in [4.69, 9.17) is 5.73 Å². The molecule has 2 N–H and O–H groups in total. The topological polar surface area (TPSA) is 29.3 Å². The van der Waals surface area contributed by atoms with Crippen molar-refractivity contribution >= 4 is 5.69 Å². The molecule has 90 valence electrons. The first-order valence-corrected chi connectivity index (χ1v) is 6.07. The first-order valence-electron chi connectivity index (χ1n) is 6.07. The molecule has 0 bridgehead atoms. The van der Waals surface area contributed by atoms with Gasteiger partial charge in [-0.1, -0.05) is 19.4 Å². The fourth-order valence-corrected chi connectivity index (χ4v) is 1.83. The van der Waals surface area contributed by atoms with Crippen LogP contribution >= 0.6 is 0 Å². The van der Waals surface area contributed by atoms with Crippen LogP contribution in [0, 0.1) is 19.8 Å². The maximum absolute atomic E-state index is 5.74. The van der Waals surface area contributed by atoms with Crippen molar-refractivity contribution in [3.8, 4) is 0 Å². The van der Waals surface area contributed by atoms with Gasteiger partial charge in [-0.3, -0.25) is 0 Å². The molecule has 2 nitrogen and oxygen atoms in total. The molecule has 0 amide bonds. The third-order valence-corrected chi connectivity index (χ3v) is 3.37. The summed E-state index contributed by atoms with van der Waals surface area (Å²) in [5.41, 5.74) is 9.73. The lowest BCUT2D eigenvalue weighted by Gasteiger charge is -2.24. The van der Waals surface area contributed by atoms with Gasteiger partial charge >= 0.3 is 0 Å². The summed E-state index contributed by atoms with van der Waals surface area (Å²) in [6.45, 7) is 8.31.